The molecule has 0 fully saturated rings. The summed E-state index contributed by atoms with van der Waals surface area (Å²) < 4.78 is 5.13. The van der Waals surface area contributed by atoms with E-state index < -0.39 is 0 Å². The second-order valence-electron chi connectivity index (χ2n) is 5.19. The summed E-state index contributed by atoms with van der Waals surface area (Å²) in [5, 5.41) is 3.72. The van der Waals surface area contributed by atoms with Crippen LogP contribution in [0.4, 0.5) is 0 Å². The van der Waals surface area contributed by atoms with Crippen molar-refractivity contribution in [2.75, 3.05) is 7.11 Å². The van der Waals surface area contributed by atoms with Crippen molar-refractivity contribution in [2.45, 2.75) is 25.8 Å². The predicted octanol–water partition coefficient (Wildman–Crippen LogP) is 4.16. The molecule has 22 heavy (non-hydrogen) atoms. The zero-order valence-electron chi connectivity index (χ0n) is 12.8. The monoisotopic (exact) mass is 317 g/mol. The van der Waals surface area contributed by atoms with Crippen LogP contribution < -0.4 is 10.1 Å². The number of carbonyl (C=O) groups excluding carboxylic acids is 1. The van der Waals surface area contributed by atoms with Crippen LogP contribution >= 0.6 is 11.6 Å². The number of methoxy groups -OCH3 is 1. The van der Waals surface area contributed by atoms with Gasteiger partial charge in [0.1, 0.15) is 5.75 Å². The highest BCUT2D eigenvalue weighted by Gasteiger charge is 2.09. The fraction of sp³-hybridized carbons (Fsp3) is 0.278. The van der Waals surface area contributed by atoms with Crippen molar-refractivity contribution in [2.24, 2.45) is 0 Å². The number of aryl methyl sites for hydroxylation is 1. The van der Waals surface area contributed by atoms with Gasteiger partial charge in [0.2, 0.25) is 5.91 Å². The number of hydrogen-bond donors (Lipinski definition) is 1. The molecular formula is C18H20ClNO2. The lowest BCUT2D eigenvalue weighted by Gasteiger charge is -2.15. The van der Waals surface area contributed by atoms with E-state index in [1.165, 1.54) is 0 Å². The average molecular weight is 318 g/mol. The standard InChI is InChI=1S/C18H20ClNO2/c1-13(15-6-10-17(22-2)11-7-15)20-18(21)12-5-14-3-8-16(19)9-4-14/h3-4,6-11,13H,5,12H2,1-2H3,(H,20,21)/t13-/m0/s1. The lowest BCUT2D eigenvalue weighted by molar-refractivity contribution is -0.121. The molecule has 0 saturated carbocycles. The van der Waals surface area contributed by atoms with Gasteiger partial charge in [-0.1, -0.05) is 35.9 Å². The number of carbonyl (C=O) groups is 1. The van der Waals surface area contributed by atoms with Crippen LogP contribution in [0.5, 0.6) is 5.75 Å². The van der Waals surface area contributed by atoms with Crippen molar-refractivity contribution in [3.8, 4) is 5.75 Å². The Hall–Kier alpha value is -2.00. The topological polar surface area (TPSA) is 38.3 Å². The molecule has 0 aliphatic heterocycles. The molecule has 0 spiro atoms. The van der Waals surface area contributed by atoms with Crippen LogP contribution in [0.25, 0.3) is 0 Å². The third kappa shape index (κ3) is 4.78. The third-order valence-corrected chi connectivity index (χ3v) is 3.80. The summed E-state index contributed by atoms with van der Waals surface area (Å²) in [5.74, 6) is 0.850. The Labute approximate surface area is 136 Å². The van der Waals surface area contributed by atoms with E-state index in [9.17, 15) is 4.79 Å². The van der Waals surface area contributed by atoms with Crippen molar-refractivity contribution in [1.82, 2.24) is 5.32 Å². The number of ether oxygens (including phenoxy) is 1. The first kappa shape index (κ1) is 16.4. The lowest BCUT2D eigenvalue weighted by Crippen LogP contribution is -2.26. The molecule has 2 aromatic carbocycles. The molecule has 2 rings (SSSR count). The number of benzene rings is 2. The van der Waals surface area contributed by atoms with E-state index in [1.807, 2.05) is 55.5 Å². The highest BCUT2D eigenvalue weighted by molar-refractivity contribution is 6.30. The van der Waals surface area contributed by atoms with Crippen molar-refractivity contribution in [3.63, 3.8) is 0 Å². The minimum absolute atomic E-state index is 0.0244. The van der Waals surface area contributed by atoms with Gasteiger partial charge in [-0.3, -0.25) is 4.79 Å². The van der Waals surface area contributed by atoms with Gasteiger partial charge in [0.25, 0.3) is 0 Å². The largest absolute Gasteiger partial charge is 0.497 e. The zero-order valence-corrected chi connectivity index (χ0v) is 13.6. The van der Waals surface area contributed by atoms with E-state index in [0.717, 1.165) is 16.9 Å². The van der Waals surface area contributed by atoms with Gasteiger partial charge in [-0.2, -0.15) is 0 Å². The number of amides is 1. The highest BCUT2D eigenvalue weighted by atomic mass is 35.5. The van der Waals surface area contributed by atoms with Crippen LogP contribution in [-0.2, 0) is 11.2 Å². The van der Waals surface area contributed by atoms with Gasteiger partial charge >= 0.3 is 0 Å². The Morgan fingerprint density at radius 1 is 1.14 bits per heavy atom. The fourth-order valence-corrected chi connectivity index (χ4v) is 2.32. The predicted molar refractivity (Wildman–Crippen MR) is 89.3 cm³/mol. The second kappa shape index (κ2) is 7.85. The van der Waals surface area contributed by atoms with Gasteiger partial charge in [-0.15, -0.1) is 0 Å². The molecule has 0 heterocycles. The van der Waals surface area contributed by atoms with Gasteiger partial charge < -0.3 is 10.1 Å². The maximum absolute atomic E-state index is 12.0. The van der Waals surface area contributed by atoms with E-state index in [4.69, 9.17) is 16.3 Å². The summed E-state index contributed by atoms with van der Waals surface area (Å²) in [6, 6.07) is 15.3. The van der Waals surface area contributed by atoms with Crippen LogP contribution in [0, 0.1) is 0 Å². The van der Waals surface area contributed by atoms with Gasteiger partial charge in [0.15, 0.2) is 0 Å². The van der Waals surface area contributed by atoms with Crippen molar-refractivity contribution < 1.29 is 9.53 Å². The van der Waals surface area contributed by atoms with Crippen LogP contribution in [0.2, 0.25) is 5.02 Å². The normalized spacial score (nSPS) is 11.8. The molecule has 1 amide bonds. The SMILES string of the molecule is COc1ccc([C@H](C)NC(=O)CCc2ccc(Cl)cc2)cc1. The van der Waals surface area contributed by atoms with Crippen LogP contribution in [0.1, 0.15) is 30.5 Å². The summed E-state index contributed by atoms with van der Waals surface area (Å²) in [7, 11) is 1.64. The molecule has 0 saturated heterocycles. The number of hydrogen-bond acceptors (Lipinski definition) is 2. The van der Waals surface area contributed by atoms with Crippen molar-refractivity contribution >= 4 is 17.5 Å². The van der Waals surface area contributed by atoms with Gasteiger partial charge in [0.05, 0.1) is 13.2 Å². The van der Waals surface area contributed by atoms with Gasteiger partial charge in [-0.25, -0.2) is 0 Å². The zero-order chi connectivity index (χ0) is 15.9. The summed E-state index contributed by atoms with van der Waals surface area (Å²) in [6.45, 7) is 1.97. The molecule has 0 bridgehead atoms. The smallest absolute Gasteiger partial charge is 0.220 e. The molecule has 0 aromatic heterocycles. The molecule has 0 aliphatic carbocycles. The van der Waals surface area contributed by atoms with Gasteiger partial charge in [0, 0.05) is 11.4 Å². The molecule has 4 heteroatoms. The van der Waals surface area contributed by atoms with E-state index in [0.29, 0.717) is 17.9 Å². The van der Waals surface area contributed by atoms with E-state index in [-0.39, 0.29) is 11.9 Å². The second-order valence-corrected chi connectivity index (χ2v) is 5.63. The summed E-state index contributed by atoms with van der Waals surface area (Å²) >= 11 is 5.84. The van der Waals surface area contributed by atoms with Crippen molar-refractivity contribution in [3.05, 3.63) is 64.7 Å². The first-order valence-electron chi connectivity index (χ1n) is 7.26. The molecule has 0 aliphatic rings. The van der Waals surface area contributed by atoms with Crippen LogP contribution in [-0.4, -0.2) is 13.0 Å². The Bertz CT molecular complexity index is 608. The molecule has 1 N–H and O–H groups in total. The van der Waals surface area contributed by atoms with Crippen LogP contribution in [0.3, 0.4) is 0 Å². The minimum Gasteiger partial charge on any atom is -0.497 e. The quantitative estimate of drug-likeness (QED) is 0.868. The maximum Gasteiger partial charge on any atom is 0.220 e. The van der Waals surface area contributed by atoms with Crippen LogP contribution in [0.15, 0.2) is 48.5 Å². The summed E-state index contributed by atoms with van der Waals surface area (Å²) in [6.07, 6.45) is 1.17. The number of nitrogens with one attached hydrogen (secondary N) is 1. The molecule has 0 unspecified atom stereocenters. The molecular weight excluding hydrogens is 298 g/mol. The van der Waals surface area contributed by atoms with Crippen molar-refractivity contribution in [1.29, 1.82) is 0 Å². The van der Waals surface area contributed by atoms with E-state index in [1.54, 1.807) is 7.11 Å². The third-order valence-electron chi connectivity index (χ3n) is 3.55. The minimum atomic E-state index is -0.0244. The number of halogens is 1. The lowest BCUT2D eigenvalue weighted by atomic mass is 10.1. The Morgan fingerprint density at radius 3 is 2.36 bits per heavy atom. The Kier molecular flexibility index (Phi) is 5.84. The first-order valence-corrected chi connectivity index (χ1v) is 7.64. The summed E-state index contributed by atoms with van der Waals surface area (Å²) in [4.78, 5) is 12.0. The number of rotatable bonds is 6. The molecule has 3 nitrogen and oxygen atoms in total. The maximum atomic E-state index is 12.0. The highest BCUT2D eigenvalue weighted by Crippen LogP contribution is 2.17. The van der Waals surface area contributed by atoms with Gasteiger partial charge in [-0.05, 0) is 48.7 Å². The Morgan fingerprint density at radius 2 is 1.77 bits per heavy atom. The van der Waals surface area contributed by atoms with E-state index >= 15 is 0 Å². The first-order chi connectivity index (χ1) is 10.6. The van der Waals surface area contributed by atoms with E-state index in [2.05, 4.69) is 5.32 Å². The average Bonchev–Trinajstić information content (AvgIpc) is 2.54. The molecule has 116 valence electrons. The molecule has 1 atom stereocenters. The Balaban J connectivity index is 1.83. The summed E-state index contributed by atoms with van der Waals surface area (Å²) in [5.41, 5.74) is 2.16. The molecule has 0 radical (unpaired) electrons. The molecule has 2 aromatic rings. The fourth-order valence-electron chi connectivity index (χ4n) is 2.20.